The van der Waals surface area contributed by atoms with Gasteiger partial charge in [-0.2, -0.15) is 5.26 Å². The van der Waals surface area contributed by atoms with Crippen LogP contribution in [0.15, 0.2) is 48.5 Å². The second kappa shape index (κ2) is 8.18. The van der Waals surface area contributed by atoms with Crippen molar-refractivity contribution >= 4 is 23.2 Å². The molecule has 3 nitrogen and oxygen atoms in total. The van der Waals surface area contributed by atoms with Crippen LogP contribution in [0.25, 0.3) is 0 Å². The van der Waals surface area contributed by atoms with Crippen molar-refractivity contribution < 1.29 is 4.79 Å². The number of halogens is 1. The smallest absolute Gasteiger partial charge is 0.224 e. The van der Waals surface area contributed by atoms with Crippen molar-refractivity contribution in [2.75, 3.05) is 5.32 Å². The molecular formula is C21H21ClN2O. The van der Waals surface area contributed by atoms with Crippen LogP contribution < -0.4 is 5.32 Å². The van der Waals surface area contributed by atoms with Gasteiger partial charge in [0.2, 0.25) is 5.91 Å². The zero-order valence-corrected chi connectivity index (χ0v) is 14.8. The fourth-order valence-corrected chi connectivity index (χ4v) is 3.70. The Balaban J connectivity index is 1.49. The van der Waals surface area contributed by atoms with E-state index < -0.39 is 0 Å². The van der Waals surface area contributed by atoms with Crippen molar-refractivity contribution in [1.29, 1.82) is 5.26 Å². The molecule has 4 heteroatoms. The first-order valence-corrected chi connectivity index (χ1v) is 9.07. The molecule has 0 aliphatic heterocycles. The van der Waals surface area contributed by atoms with Crippen LogP contribution in [0.2, 0.25) is 5.02 Å². The first kappa shape index (κ1) is 17.5. The van der Waals surface area contributed by atoms with Gasteiger partial charge in [0, 0.05) is 17.1 Å². The van der Waals surface area contributed by atoms with Crippen LogP contribution in [0.4, 0.5) is 5.69 Å². The average Bonchev–Trinajstić information content (AvgIpc) is 2.64. The van der Waals surface area contributed by atoms with Crippen molar-refractivity contribution in [3.8, 4) is 6.07 Å². The molecule has 0 unspecified atom stereocenters. The quantitative estimate of drug-likeness (QED) is 0.788. The summed E-state index contributed by atoms with van der Waals surface area (Å²) in [6, 6.07) is 17.3. The van der Waals surface area contributed by atoms with E-state index in [1.54, 1.807) is 12.1 Å². The van der Waals surface area contributed by atoms with E-state index in [4.69, 9.17) is 16.9 Å². The largest absolute Gasteiger partial charge is 0.326 e. The van der Waals surface area contributed by atoms with Gasteiger partial charge in [0.15, 0.2) is 0 Å². The molecular weight excluding hydrogens is 332 g/mol. The summed E-state index contributed by atoms with van der Waals surface area (Å²) in [4.78, 5) is 12.2. The summed E-state index contributed by atoms with van der Waals surface area (Å²) in [7, 11) is 0. The monoisotopic (exact) mass is 352 g/mol. The molecule has 0 atom stereocenters. The minimum absolute atomic E-state index is 0.0669. The molecule has 0 bridgehead atoms. The molecule has 1 fully saturated rings. The normalized spacial score (nSPS) is 19.8. The van der Waals surface area contributed by atoms with E-state index in [2.05, 4.69) is 17.5 Å². The van der Waals surface area contributed by atoms with Gasteiger partial charge in [-0.25, -0.2) is 0 Å². The first-order chi connectivity index (χ1) is 12.1. The molecule has 0 radical (unpaired) electrons. The fraction of sp³-hybridized carbons (Fsp3) is 0.333. The summed E-state index contributed by atoms with van der Waals surface area (Å²) < 4.78 is 0. The first-order valence-electron chi connectivity index (χ1n) is 8.69. The number of amides is 1. The van der Waals surface area contributed by atoms with Crippen molar-refractivity contribution in [3.05, 3.63) is 64.7 Å². The van der Waals surface area contributed by atoms with Crippen LogP contribution in [-0.2, 0) is 4.79 Å². The van der Waals surface area contributed by atoms with Gasteiger partial charge in [0.1, 0.15) is 0 Å². The summed E-state index contributed by atoms with van der Waals surface area (Å²) in [5.41, 5.74) is 2.77. The number of anilines is 1. The SMILES string of the molecule is N#Cc1cccc([C@H]2CC[C@H](CC(=O)Nc3ccc(Cl)cc3)CC2)c1. The number of nitriles is 1. The summed E-state index contributed by atoms with van der Waals surface area (Å²) in [6.07, 6.45) is 4.82. The van der Waals surface area contributed by atoms with Gasteiger partial charge in [-0.1, -0.05) is 23.7 Å². The van der Waals surface area contributed by atoms with Gasteiger partial charge in [-0.05, 0) is 79.5 Å². The zero-order chi connectivity index (χ0) is 17.6. The lowest BCUT2D eigenvalue weighted by Crippen LogP contribution is -2.20. The van der Waals surface area contributed by atoms with Crippen molar-refractivity contribution in [2.24, 2.45) is 5.92 Å². The summed E-state index contributed by atoms with van der Waals surface area (Å²) >= 11 is 5.86. The highest BCUT2D eigenvalue weighted by Crippen LogP contribution is 2.37. The van der Waals surface area contributed by atoms with Crippen LogP contribution in [-0.4, -0.2) is 5.91 Å². The summed E-state index contributed by atoms with van der Waals surface area (Å²) in [6.45, 7) is 0. The van der Waals surface area contributed by atoms with Gasteiger partial charge in [0.25, 0.3) is 0 Å². The summed E-state index contributed by atoms with van der Waals surface area (Å²) in [5.74, 6) is 1.00. The van der Waals surface area contributed by atoms with Crippen LogP contribution in [0.1, 0.15) is 49.1 Å². The van der Waals surface area contributed by atoms with Gasteiger partial charge >= 0.3 is 0 Å². The van der Waals surface area contributed by atoms with E-state index >= 15 is 0 Å². The molecule has 128 valence electrons. The highest BCUT2D eigenvalue weighted by Gasteiger charge is 2.24. The standard InChI is InChI=1S/C21H21ClN2O/c22-19-8-10-20(11-9-19)24-21(25)13-15-4-6-17(7-5-15)18-3-1-2-16(12-18)14-23/h1-3,8-12,15,17H,4-7,13H2,(H,24,25)/t15-,17-. The molecule has 2 aromatic rings. The van der Waals surface area contributed by atoms with Gasteiger partial charge < -0.3 is 5.32 Å². The number of benzene rings is 2. The number of nitrogens with zero attached hydrogens (tertiary/aromatic N) is 1. The molecule has 0 heterocycles. The van der Waals surface area contributed by atoms with Crippen LogP contribution in [0.3, 0.4) is 0 Å². The van der Waals surface area contributed by atoms with E-state index in [1.165, 1.54) is 5.56 Å². The predicted octanol–water partition coefficient (Wildman–Crippen LogP) is 5.51. The third-order valence-electron chi connectivity index (χ3n) is 4.94. The Morgan fingerprint density at radius 1 is 1.12 bits per heavy atom. The van der Waals surface area contributed by atoms with E-state index in [0.717, 1.165) is 36.9 Å². The number of rotatable bonds is 4. The lowest BCUT2D eigenvalue weighted by atomic mass is 9.77. The number of hydrogen-bond acceptors (Lipinski definition) is 2. The Morgan fingerprint density at radius 3 is 2.52 bits per heavy atom. The maximum atomic E-state index is 12.2. The van der Waals surface area contributed by atoms with Crippen molar-refractivity contribution in [1.82, 2.24) is 0 Å². The Bertz CT molecular complexity index is 771. The van der Waals surface area contributed by atoms with Crippen LogP contribution in [0.5, 0.6) is 0 Å². The second-order valence-corrected chi connectivity index (χ2v) is 7.15. The number of carbonyl (C=O) groups is 1. The molecule has 1 aliphatic carbocycles. The van der Waals surface area contributed by atoms with Crippen LogP contribution in [0, 0.1) is 17.2 Å². The highest BCUT2D eigenvalue weighted by atomic mass is 35.5. The van der Waals surface area contributed by atoms with Crippen molar-refractivity contribution in [3.63, 3.8) is 0 Å². The molecule has 1 aliphatic rings. The molecule has 1 amide bonds. The van der Waals surface area contributed by atoms with E-state index in [0.29, 0.717) is 23.3 Å². The minimum Gasteiger partial charge on any atom is -0.326 e. The maximum Gasteiger partial charge on any atom is 0.224 e. The number of carbonyl (C=O) groups excluding carboxylic acids is 1. The highest BCUT2D eigenvalue weighted by molar-refractivity contribution is 6.30. The van der Waals surface area contributed by atoms with E-state index in [1.807, 2.05) is 30.3 Å². The lowest BCUT2D eigenvalue weighted by Gasteiger charge is -2.28. The Hall–Kier alpha value is -2.31. The molecule has 1 saturated carbocycles. The second-order valence-electron chi connectivity index (χ2n) is 6.71. The average molecular weight is 353 g/mol. The summed E-state index contributed by atoms with van der Waals surface area (Å²) in [5, 5.41) is 12.6. The zero-order valence-electron chi connectivity index (χ0n) is 14.0. The third-order valence-corrected chi connectivity index (χ3v) is 5.19. The Morgan fingerprint density at radius 2 is 1.84 bits per heavy atom. The Kier molecular flexibility index (Phi) is 5.73. The van der Waals surface area contributed by atoms with E-state index in [9.17, 15) is 4.79 Å². The molecule has 25 heavy (non-hydrogen) atoms. The molecule has 0 spiro atoms. The molecule has 2 aromatic carbocycles. The minimum atomic E-state index is 0.0669. The fourth-order valence-electron chi connectivity index (χ4n) is 3.57. The molecule has 0 aromatic heterocycles. The predicted molar refractivity (Wildman–Crippen MR) is 101 cm³/mol. The topological polar surface area (TPSA) is 52.9 Å². The van der Waals surface area contributed by atoms with Gasteiger partial charge in [0.05, 0.1) is 11.6 Å². The molecule has 0 saturated heterocycles. The van der Waals surface area contributed by atoms with Gasteiger partial charge in [-0.15, -0.1) is 0 Å². The molecule has 1 N–H and O–H groups in total. The number of nitrogens with one attached hydrogen (secondary N) is 1. The van der Waals surface area contributed by atoms with Crippen molar-refractivity contribution in [2.45, 2.75) is 38.0 Å². The van der Waals surface area contributed by atoms with Gasteiger partial charge in [-0.3, -0.25) is 4.79 Å². The van der Waals surface area contributed by atoms with E-state index in [-0.39, 0.29) is 5.91 Å². The molecule has 3 rings (SSSR count). The third kappa shape index (κ3) is 4.84. The number of hydrogen-bond donors (Lipinski definition) is 1. The Labute approximate surface area is 153 Å². The van der Waals surface area contributed by atoms with Crippen LogP contribution >= 0.6 is 11.6 Å². The lowest BCUT2D eigenvalue weighted by molar-refractivity contribution is -0.117. The maximum absolute atomic E-state index is 12.2.